The maximum absolute atomic E-state index is 10.7. The van der Waals surface area contributed by atoms with Crippen LogP contribution in [0, 0.1) is 10.1 Å². The zero-order valence-electron chi connectivity index (χ0n) is 10.8. The minimum atomic E-state index is -0.354. The van der Waals surface area contributed by atoms with Crippen molar-refractivity contribution in [2.45, 2.75) is 25.9 Å². The molecule has 2 rings (SSSR count). The molecule has 0 fully saturated rings. The Bertz CT molecular complexity index is 513. The van der Waals surface area contributed by atoms with Crippen molar-refractivity contribution in [2.24, 2.45) is 4.99 Å². The SMILES string of the molecule is CC1(C)CN=C(C[N+](=O)[O-])N1Cc1ccc(Cl)nc1. The Morgan fingerprint density at radius 3 is 2.84 bits per heavy atom. The average Bonchev–Trinajstić information content (AvgIpc) is 2.59. The number of hydrogen-bond acceptors (Lipinski definition) is 5. The zero-order valence-corrected chi connectivity index (χ0v) is 11.6. The van der Waals surface area contributed by atoms with Crippen LogP contribution in [0.5, 0.6) is 0 Å². The molecule has 0 amide bonds. The molecule has 0 unspecified atom stereocenters. The first kappa shape index (κ1) is 13.7. The largest absolute Gasteiger partial charge is 0.344 e. The molecule has 19 heavy (non-hydrogen) atoms. The minimum absolute atomic E-state index is 0.217. The van der Waals surface area contributed by atoms with E-state index in [4.69, 9.17) is 11.6 Å². The summed E-state index contributed by atoms with van der Waals surface area (Å²) in [7, 11) is 0. The molecular formula is C12H15ClN4O2. The van der Waals surface area contributed by atoms with Crippen LogP contribution in [0.1, 0.15) is 19.4 Å². The molecule has 0 saturated heterocycles. The molecule has 0 saturated carbocycles. The van der Waals surface area contributed by atoms with Gasteiger partial charge in [0.15, 0.2) is 5.84 Å². The summed E-state index contributed by atoms with van der Waals surface area (Å²) in [5.41, 5.74) is 0.737. The van der Waals surface area contributed by atoms with Crippen molar-refractivity contribution in [1.82, 2.24) is 9.88 Å². The Hall–Kier alpha value is -1.69. The Morgan fingerprint density at radius 2 is 2.26 bits per heavy atom. The van der Waals surface area contributed by atoms with Gasteiger partial charge in [-0.2, -0.15) is 0 Å². The molecule has 0 atom stereocenters. The van der Waals surface area contributed by atoms with Crippen LogP contribution in [-0.2, 0) is 6.54 Å². The van der Waals surface area contributed by atoms with E-state index < -0.39 is 0 Å². The van der Waals surface area contributed by atoms with Gasteiger partial charge < -0.3 is 4.90 Å². The second-order valence-electron chi connectivity index (χ2n) is 5.11. The van der Waals surface area contributed by atoms with Gasteiger partial charge >= 0.3 is 0 Å². The van der Waals surface area contributed by atoms with E-state index in [1.807, 2.05) is 24.8 Å². The lowest BCUT2D eigenvalue weighted by molar-refractivity contribution is -0.464. The fourth-order valence-electron chi connectivity index (χ4n) is 2.04. The molecule has 0 bridgehead atoms. The smallest absolute Gasteiger partial charge is 0.260 e. The standard InChI is InChI=1S/C12H15ClN4O2/c1-12(2)8-15-11(7-17(18)19)16(12)6-9-3-4-10(13)14-5-9/h3-5H,6-8H2,1-2H3. The van der Waals surface area contributed by atoms with Crippen LogP contribution in [0.25, 0.3) is 0 Å². The summed E-state index contributed by atoms with van der Waals surface area (Å²) < 4.78 is 0. The van der Waals surface area contributed by atoms with Crippen LogP contribution in [0.2, 0.25) is 5.15 Å². The minimum Gasteiger partial charge on any atom is -0.344 e. The molecular weight excluding hydrogens is 268 g/mol. The van der Waals surface area contributed by atoms with Gasteiger partial charge in [0, 0.05) is 17.7 Å². The van der Waals surface area contributed by atoms with Crippen molar-refractivity contribution < 1.29 is 4.92 Å². The molecule has 0 radical (unpaired) electrons. The van der Waals surface area contributed by atoms with Gasteiger partial charge in [-0.15, -0.1) is 0 Å². The second-order valence-corrected chi connectivity index (χ2v) is 5.50. The highest BCUT2D eigenvalue weighted by molar-refractivity contribution is 6.29. The van der Waals surface area contributed by atoms with Crippen LogP contribution >= 0.6 is 11.6 Å². The van der Waals surface area contributed by atoms with Crippen molar-refractivity contribution in [1.29, 1.82) is 0 Å². The lowest BCUT2D eigenvalue weighted by Crippen LogP contribution is -2.45. The number of aromatic nitrogens is 1. The fourth-order valence-corrected chi connectivity index (χ4v) is 2.16. The van der Waals surface area contributed by atoms with Gasteiger partial charge in [-0.05, 0) is 25.5 Å². The Morgan fingerprint density at radius 1 is 1.53 bits per heavy atom. The number of nitro groups is 1. The highest BCUT2D eigenvalue weighted by Gasteiger charge is 2.36. The van der Waals surface area contributed by atoms with E-state index in [1.54, 1.807) is 12.3 Å². The number of hydrogen-bond donors (Lipinski definition) is 0. The van der Waals surface area contributed by atoms with Gasteiger partial charge in [0.1, 0.15) is 5.15 Å². The van der Waals surface area contributed by atoms with Gasteiger partial charge in [0.25, 0.3) is 6.54 Å². The monoisotopic (exact) mass is 282 g/mol. The zero-order chi connectivity index (χ0) is 14.0. The highest BCUT2D eigenvalue weighted by atomic mass is 35.5. The third kappa shape index (κ3) is 3.20. The molecule has 0 aromatic carbocycles. The van der Waals surface area contributed by atoms with Gasteiger partial charge in [-0.3, -0.25) is 15.1 Å². The summed E-state index contributed by atoms with van der Waals surface area (Å²) in [5.74, 6) is 0.518. The molecule has 0 spiro atoms. The summed E-state index contributed by atoms with van der Waals surface area (Å²) in [5, 5.41) is 11.1. The Labute approximate surface area is 116 Å². The normalized spacial score (nSPS) is 17.4. The summed E-state index contributed by atoms with van der Waals surface area (Å²) in [6.45, 7) is 4.91. The summed E-state index contributed by atoms with van der Waals surface area (Å²) in [6.07, 6.45) is 1.68. The Balaban J connectivity index is 2.17. The van der Waals surface area contributed by atoms with E-state index >= 15 is 0 Å². The molecule has 2 heterocycles. The van der Waals surface area contributed by atoms with Gasteiger partial charge in [-0.25, -0.2) is 4.98 Å². The topological polar surface area (TPSA) is 71.6 Å². The maximum Gasteiger partial charge on any atom is 0.260 e. The van der Waals surface area contributed by atoms with Crippen LogP contribution in [0.4, 0.5) is 0 Å². The van der Waals surface area contributed by atoms with Gasteiger partial charge in [0.05, 0.1) is 12.1 Å². The van der Waals surface area contributed by atoms with Crippen molar-refractivity contribution in [3.63, 3.8) is 0 Å². The molecule has 1 aliphatic rings. The predicted octanol–water partition coefficient (Wildman–Crippen LogP) is 2.00. The molecule has 1 aliphatic heterocycles. The molecule has 0 aliphatic carbocycles. The number of nitrogens with zero attached hydrogens (tertiary/aromatic N) is 4. The third-order valence-electron chi connectivity index (χ3n) is 3.09. The first-order chi connectivity index (χ1) is 8.88. The van der Waals surface area contributed by atoms with Crippen molar-refractivity contribution in [3.8, 4) is 0 Å². The third-order valence-corrected chi connectivity index (χ3v) is 3.31. The number of rotatable bonds is 4. The van der Waals surface area contributed by atoms with Gasteiger partial charge in [0.2, 0.25) is 0 Å². The van der Waals surface area contributed by atoms with Crippen LogP contribution in [-0.4, -0.2) is 39.3 Å². The summed E-state index contributed by atoms with van der Waals surface area (Å²) >= 11 is 5.74. The quantitative estimate of drug-likeness (QED) is 0.481. The van der Waals surface area contributed by atoms with Gasteiger partial charge in [-0.1, -0.05) is 17.7 Å². The number of pyridine rings is 1. The second kappa shape index (κ2) is 5.13. The number of aliphatic imine (C=N–C) groups is 1. The van der Waals surface area contributed by atoms with E-state index in [9.17, 15) is 10.1 Å². The molecule has 1 aromatic rings. The van der Waals surface area contributed by atoms with E-state index in [1.165, 1.54) is 0 Å². The fraction of sp³-hybridized carbons (Fsp3) is 0.500. The lowest BCUT2D eigenvalue weighted by atomic mass is 10.0. The molecule has 102 valence electrons. The van der Waals surface area contributed by atoms with E-state index in [0.717, 1.165) is 5.56 Å². The summed E-state index contributed by atoms with van der Waals surface area (Å²) in [6, 6.07) is 3.58. The molecule has 6 nitrogen and oxygen atoms in total. The van der Waals surface area contributed by atoms with Crippen molar-refractivity contribution in [3.05, 3.63) is 39.2 Å². The maximum atomic E-state index is 10.7. The summed E-state index contributed by atoms with van der Waals surface area (Å²) in [4.78, 5) is 20.6. The predicted molar refractivity (Wildman–Crippen MR) is 73.0 cm³/mol. The molecule has 7 heteroatoms. The number of amidine groups is 1. The average molecular weight is 283 g/mol. The van der Waals surface area contributed by atoms with E-state index in [2.05, 4.69) is 9.98 Å². The lowest BCUT2D eigenvalue weighted by Gasteiger charge is -2.33. The highest BCUT2D eigenvalue weighted by Crippen LogP contribution is 2.24. The first-order valence-electron chi connectivity index (χ1n) is 5.92. The molecule has 1 aromatic heterocycles. The van der Waals surface area contributed by atoms with Crippen molar-refractivity contribution >= 4 is 17.4 Å². The van der Waals surface area contributed by atoms with E-state index in [-0.39, 0.29) is 17.0 Å². The van der Waals surface area contributed by atoms with Crippen molar-refractivity contribution in [2.75, 3.05) is 13.1 Å². The molecule has 0 N–H and O–H groups in total. The Kier molecular flexibility index (Phi) is 3.71. The first-order valence-corrected chi connectivity index (χ1v) is 6.29. The van der Waals surface area contributed by atoms with Crippen LogP contribution in [0.3, 0.4) is 0 Å². The van der Waals surface area contributed by atoms with Crippen LogP contribution in [0.15, 0.2) is 23.3 Å². The van der Waals surface area contributed by atoms with E-state index in [0.29, 0.717) is 24.1 Å². The number of halogens is 1. The van der Waals surface area contributed by atoms with Crippen LogP contribution < -0.4 is 0 Å².